The molecular formula is C15H14N2O7S. The van der Waals surface area contributed by atoms with Crippen molar-refractivity contribution in [2.24, 2.45) is 0 Å². The van der Waals surface area contributed by atoms with Crippen molar-refractivity contribution in [3.63, 3.8) is 0 Å². The highest BCUT2D eigenvalue weighted by molar-refractivity contribution is 7.89. The number of aromatic carboxylic acids is 1. The molecule has 0 radical (unpaired) electrons. The Kier molecular flexibility index (Phi) is 5.04. The zero-order valence-corrected chi connectivity index (χ0v) is 14.1. The van der Waals surface area contributed by atoms with E-state index < -0.39 is 42.8 Å². The van der Waals surface area contributed by atoms with Crippen LogP contribution >= 0.6 is 0 Å². The molecule has 2 aromatic carbocycles. The van der Waals surface area contributed by atoms with E-state index in [1.54, 1.807) is 18.2 Å². The summed E-state index contributed by atoms with van der Waals surface area (Å²) in [5.74, 6) is -1.87. The number of benzene rings is 2. The second-order valence-corrected chi connectivity index (χ2v) is 7.21. The Balaban J connectivity index is 2.81. The number of para-hydroxylation sites is 1. The van der Waals surface area contributed by atoms with Crippen LogP contribution in [-0.4, -0.2) is 42.8 Å². The molecule has 25 heavy (non-hydrogen) atoms. The lowest BCUT2D eigenvalue weighted by atomic mass is 10.2. The molecule has 0 heterocycles. The van der Waals surface area contributed by atoms with Gasteiger partial charge >= 0.3 is 11.7 Å². The minimum atomic E-state index is -4.20. The standard InChI is InChI=1S/C15H14N2O7S/c1-16(2)25(22,23)13-9-10(15(18)19)8-12(17(20)21)14(13)24-11-6-4-3-5-7-11/h3-9H,1-2H3,(H,18,19). The van der Waals surface area contributed by atoms with Gasteiger partial charge in [-0.3, -0.25) is 10.1 Å². The molecule has 0 saturated carbocycles. The zero-order valence-electron chi connectivity index (χ0n) is 13.2. The average molecular weight is 366 g/mol. The third-order valence-electron chi connectivity index (χ3n) is 3.20. The molecule has 0 aliphatic heterocycles. The van der Waals surface area contributed by atoms with E-state index in [4.69, 9.17) is 9.84 Å². The summed E-state index contributed by atoms with van der Waals surface area (Å²) < 4.78 is 31.3. The molecule has 2 aromatic rings. The summed E-state index contributed by atoms with van der Waals surface area (Å²) in [4.78, 5) is 21.1. The number of hydrogen-bond donors (Lipinski definition) is 1. The van der Waals surface area contributed by atoms with E-state index in [1.165, 1.54) is 26.2 Å². The van der Waals surface area contributed by atoms with Gasteiger partial charge in [0, 0.05) is 20.2 Å². The van der Waals surface area contributed by atoms with Crippen LogP contribution < -0.4 is 4.74 Å². The van der Waals surface area contributed by atoms with Crippen LogP contribution in [0.25, 0.3) is 0 Å². The Morgan fingerprint density at radius 1 is 1.20 bits per heavy atom. The summed E-state index contributed by atoms with van der Waals surface area (Å²) in [5, 5.41) is 20.5. The molecule has 0 bridgehead atoms. The predicted octanol–water partition coefficient (Wildman–Crippen LogP) is 2.34. The zero-order chi connectivity index (χ0) is 18.8. The third-order valence-corrected chi connectivity index (χ3v) is 5.02. The second kappa shape index (κ2) is 6.87. The van der Waals surface area contributed by atoms with Gasteiger partial charge in [-0.05, 0) is 18.2 Å². The van der Waals surface area contributed by atoms with Crippen LogP contribution in [0.4, 0.5) is 5.69 Å². The monoisotopic (exact) mass is 366 g/mol. The topological polar surface area (TPSA) is 127 Å². The van der Waals surface area contributed by atoms with Crippen LogP contribution in [0.1, 0.15) is 10.4 Å². The van der Waals surface area contributed by atoms with Crippen molar-refractivity contribution >= 4 is 21.7 Å². The fraction of sp³-hybridized carbons (Fsp3) is 0.133. The number of carboxylic acid groups (broad SMARTS) is 1. The predicted molar refractivity (Wildman–Crippen MR) is 87.4 cm³/mol. The van der Waals surface area contributed by atoms with Gasteiger partial charge in [0.05, 0.1) is 10.5 Å². The maximum atomic E-state index is 12.5. The van der Waals surface area contributed by atoms with Gasteiger partial charge in [-0.15, -0.1) is 0 Å². The smallest absolute Gasteiger partial charge is 0.335 e. The Hall–Kier alpha value is -2.98. The maximum absolute atomic E-state index is 12.5. The van der Waals surface area contributed by atoms with E-state index in [-0.39, 0.29) is 5.75 Å². The van der Waals surface area contributed by atoms with Crippen molar-refractivity contribution in [3.8, 4) is 11.5 Å². The van der Waals surface area contributed by atoms with Crippen molar-refractivity contribution in [2.45, 2.75) is 4.90 Å². The van der Waals surface area contributed by atoms with E-state index in [9.17, 15) is 23.3 Å². The van der Waals surface area contributed by atoms with Crippen LogP contribution in [-0.2, 0) is 10.0 Å². The number of nitro groups is 1. The molecule has 0 atom stereocenters. The molecule has 9 nitrogen and oxygen atoms in total. The molecular weight excluding hydrogens is 352 g/mol. The molecule has 0 amide bonds. The van der Waals surface area contributed by atoms with Crippen LogP contribution in [0.5, 0.6) is 11.5 Å². The SMILES string of the molecule is CN(C)S(=O)(=O)c1cc(C(=O)O)cc([N+](=O)[O-])c1Oc1ccccc1. The van der Waals surface area contributed by atoms with Crippen LogP contribution in [0.2, 0.25) is 0 Å². The summed E-state index contributed by atoms with van der Waals surface area (Å²) >= 11 is 0. The molecule has 10 heteroatoms. The number of carboxylic acids is 1. The number of sulfonamides is 1. The molecule has 0 unspecified atom stereocenters. The first-order chi connectivity index (χ1) is 11.6. The Labute approximate surface area is 143 Å². The van der Waals surface area contributed by atoms with Gasteiger partial charge < -0.3 is 9.84 Å². The lowest BCUT2D eigenvalue weighted by molar-refractivity contribution is -0.385. The highest BCUT2D eigenvalue weighted by Gasteiger charge is 2.32. The largest absolute Gasteiger partial charge is 0.478 e. The molecule has 0 fully saturated rings. The molecule has 0 aliphatic carbocycles. The first kappa shape index (κ1) is 18.4. The maximum Gasteiger partial charge on any atom is 0.335 e. The normalized spacial score (nSPS) is 11.3. The number of carbonyl (C=O) groups is 1. The van der Waals surface area contributed by atoms with Crippen LogP contribution in [0.3, 0.4) is 0 Å². The lowest BCUT2D eigenvalue weighted by Crippen LogP contribution is -2.23. The number of nitrogens with zero attached hydrogens (tertiary/aromatic N) is 2. The Morgan fingerprint density at radius 2 is 1.80 bits per heavy atom. The minimum Gasteiger partial charge on any atom is -0.478 e. The highest BCUT2D eigenvalue weighted by Crippen LogP contribution is 2.39. The molecule has 132 valence electrons. The summed E-state index contributed by atoms with van der Waals surface area (Å²) in [6.45, 7) is 0. The van der Waals surface area contributed by atoms with Crippen molar-refractivity contribution in [2.75, 3.05) is 14.1 Å². The first-order valence-corrected chi connectivity index (χ1v) is 8.29. The lowest BCUT2D eigenvalue weighted by Gasteiger charge is -2.16. The van der Waals surface area contributed by atoms with Crippen molar-refractivity contribution in [3.05, 3.63) is 58.1 Å². The Bertz CT molecular complexity index is 924. The van der Waals surface area contributed by atoms with Crippen molar-refractivity contribution in [1.82, 2.24) is 4.31 Å². The van der Waals surface area contributed by atoms with E-state index in [2.05, 4.69) is 0 Å². The summed E-state index contributed by atoms with van der Waals surface area (Å²) in [6, 6.07) is 9.46. The average Bonchev–Trinajstić information content (AvgIpc) is 2.55. The van der Waals surface area contributed by atoms with Crippen LogP contribution in [0, 0.1) is 10.1 Å². The van der Waals surface area contributed by atoms with Gasteiger partial charge in [-0.2, -0.15) is 0 Å². The molecule has 0 spiro atoms. The number of rotatable bonds is 6. The van der Waals surface area contributed by atoms with Crippen molar-refractivity contribution < 1.29 is 28.0 Å². The number of hydrogen-bond acceptors (Lipinski definition) is 6. The van der Waals surface area contributed by atoms with Gasteiger partial charge in [0.1, 0.15) is 10.6 Å². The van der Waals surface area contributed by atoms with E-state index in [1.807, 2.05) is 0 Å². The third kappa shape index (κ3) is 3.75. The summed E-state index contributed by atoms with van der Waals surface area (Å²) in [7, 11) is -1.75. The summed E-state index contributed by atoms with van der Waals surface area (Å²) in [6.07, 6.45) is 0. The summed E-state index contributed by atoms with van der Waals surface area (Å²) in [5.41, 5.74) is -1.29. The second-order valence-electron chi connectivity index (χ2n) is 5.09. The van der Waals surface area contributed by atoms with Gasteiger partial charge in [0.2, 0.25) is 15.8 Å². The van der Waals surface area contributed by atoms with Gasteiger partial charge in [-0.1, -0.05) is 18.2 Å². The molecule has 0 aromatic heterocycles. The van der Waals surface area contributed by atoms with E-state index in [0.29, 0.717) is 0 Å². The Morgan fingerprint density at radius 3 is 2.28 bits per heavy atom. The molecule has 0 saturated heterocycles. The van der Waals surface area contributed by atoms with Crippen molar-refractivity contribution in [1.29, 1.82) is 0 Å². The van der Waals surface area contributed by atoms with E-state index >= 15 is 0 Å². The first-order valence-electron chi connectivity index (χ1n) is 6.85. The van der Waals surface area contributed by atoms with Gasteiger partial charge in [-0.25, -0.2) is 17.5 Å². The minimum absolute atomic E-state index is 0.170. The molecule has 1 N–H and O–H groups in total. The van der Waals surface area contributed by atoms with Crippen LogP contribution in [0.15, 0.2) is 47.4 Å². The molecule has 0 aliphatic rings. The highest BCUT2D eigenvalue weighted by atomic mass is 32.2. The van der Waals surface area contributed by atoms with Gasteiger partial charge in [0.15, 0.2) is 0 Å². The fourth-order valence-corrected chi connectivity index (χ4v) is 2.99. The van der Waals surface area contributed by atoms with E-state index in [0.717, 1.165) is 16.4 Å². The number of nitro benzene ring substituents is 1. The number of ether oxygens (including phenoxy) is 1. The molecule has 2 rings (SSSR count). The fourth-order valence-electron chi connectivity index (χ4n) is 1.94. The van der Waals surface area contributed by atoms with Gasteiger partial charge in [0.25, 0.3) is 0 Å². The quantitative estimate of drug-likeness (QED) is 0.614.